The number of fused-ring (bicyclic) bond motifs is 1. The minimum Gasteiger partial charge on any atom is -0.354 e. The molecule has 2 amide bonds. The molecule has 0 fully saturated rings. The van der Waals surface area contributed by atoms with Gasteiger partial charge in [0.1, 0.15) is 23.9 Å². The quantitative estimate of drug-likeness (QED) is 0.313. The minimum absolute atomic E-state index is 0.0742. The van der Waals surface area contributed by atoms with Gasteiger partial charge in [-0.15, -0.1) is 5.10 Å². The molecule has 0 saturated heterocycles. The second kappa shape index (κ2) is 12.0. The molecule has 0 radical (unpaired) electrons. The predicted octanol–water partition coefficient (Wildman–Crippen LogP) is 5.16. The van der Waals surface area contributed by atoms with Gasteiger partial charge in [0.15, 0.2) is 0 Å². The molecule has 0 saturated carbocycles. The van der Waals surface area contributed by atoms with Crippen LogP contribution < -0.4 is 5.32 Å². The molecule has 4 aromatic rings. The number of carbonyl (C=O) groups excluding carboxylic acids is 2. The molecule has 7 nitrogen and oxygen atoms in total. The van der Waals surface area contributed by atoms with Gasteiger partial charge >= 0.3 is 0 Å². The molecule has 4 rings (SSSR count). The van der Waals surface area contributed by atoms with Crippen LogP contribution in [0.2, 0.25) is 5.02 Å². The molecular formula is C28H29ClFN5O2. The van der Waals surface area contributed by atoms with Gasteiger partial charge < -0.3 is 10.2 Å². The van der Waals surface area contributed by atoms with E-state index in [1.54, 1.807) is 12.1 Å². The Hall–Kier alpha value is -3.78. The Bertz CT molecular complexity index is 1370. The average molecular weight is 522 g/mol. The fourth-order valence-electron chi connectivity index (χ4n) is 4.09. The molecule has 0 bridgehead atoms. The number of hydrogen-bond donors (Lipinski definition) is 1. The summed E-state index contributed by atoms with van der Waals surface area (Å²) in [6.45, 7) is 4.53. The van der Waals surface area contributed by atoms with Crippen molar-refractivity contribution >= 4 is 34.4 Å². The van der Waals surface area contributed by atoms with E-state index < -0.39 is 11.9 Å². The van der Waals surface area contributed by atoms with Crippen LogP contribution in [0, 0.1) is 11.7 Å². The first kappa shape index (κ1) is 26.3. The summed E-state index contributed by atoms with van der Waals surface area (Å²) in [6.07, 6.45) is 0.783. The van der Waals surface area contributed by atoms with Crippen LogP contribution in [0.15, 0.2) is 72.8 Å². The number of nitrogens with one attached hydrogen (secondary N) is 1. The average Bonchev–Trinajstić information content (AvgIpc) is 3.28. The summed E-state index contributed by atoms with van der Waals surface area (Å²) >= 11 is 6.45. The largest absolute Gasteiger partial charge is 0.354 e. The van der Waals surface area contributed by atoms with Crippen molar-refractivity contribution in [3.05, 3.63) is 94.8 Å². The SMILES string of the molecule is CC(C)CCNC(=O)[C@H](c1ccc(F)cc1)N(Cc1ccccc1Cl)C(=O)Cn1nnc2ccccc21. The summed E-state index contributed by atoms with van der Waals surface area (Å²) in [5.41, 5.74) is 2.54. The van der Waals surface area contributed by atoms with Gasteiger partial charge in [-0.2, -0.15) is 0 Å². The molecule has 0 spiro atoms. The van der Waals surface area contributed by atoms with Crippen LogP contribution in [0.25, 0.3) is 11.0 Å². The number of rotatable bonds is 10. The maximum Gasteiger partial charge on any atom is 0.247 e. The van der Waals surface area contributed by atoms with E-state index in [0.29, 0.717) is 39.6 Å². The zero-order valence-electron chi connectivity index (χ0n) is 20.8. The second-order valence-electron chi connectivity index (χ2n) is 9.28. The fraction of sp³-hybridized carbons (Fsp3) is 0.286. The van der Waals surface area contributed by atoms with E-state index in [0.717, 1.165) is 6.42 Å². The Labute approximate surface area is 220 Å². The molecular weight excluding hydrogens is 493 g/mol. The number of amides is 2. The first-order valence-electron chi connectivity index (χ1n) is 12.2. The lowest BCUT2D eigenvalue weighted by Gasteiger charge is -2.32. The van der Waals surface area contributed by atoms with E-state index in [4.69, 9.17) is 11.6 Å². The highest BCUT2D eigenvalue weighted by Crippen LogP contribution is 2.27. The van der Waals surface area contributed by atoms with E-state index in [2.05, 4.69) is 29.5 Å². The van der Waals surface area contributed by atoms with Crippen molar-refractivity contribution in [2.45, 2.75) is 39.4 Å². The topological polar surface area (TPSA) is 80.1 Å². The number of benzene rings is 3. The van der Waals surface area contributed by atoms with Crippen LogP contribution in [-0.4, -0.2) is 38.3 Å². The van der Waals surface area contributed by atoms with Gasteiger partial charge in [0.25, 0.3) is 0 Å². The first-order chi connectivity index (χ1) is 17.8. The van der Waals surface area contributed by atoms with Crippen LogP contribution in [0.4, 0.5) is 4.39 Å². The maximum atomic E-state index is 13.9. The number of nitrogens with zero attached hydrogens (tertiary/aromatic N) is 4. The van der Waals surface area contributed by atoms with Gasteiger partial charge in [-0.25, -0.2) is 9.07 Å². The Balaban J connectivity index is 1.73. The normalized spacial score (nSPS) is 12.0. The zero-order chi connectivity index (χ0) is 26.4. The Kier molecular flexibility index (Phi) is 8.50. The van der Waals surface area contributed by atoms with E-state index in [9.17, 15) is 14.0 Å². The number of hydrogen-bond acceptors (Lipinski definition) is 4. The van der Waals surface area contributed by atoms with Crippen LogP contribution in [0.3, 0.4) is 0 Å². The van der Waals surface area contributed by atoms with Gasteiger partial charge in [-0.1, -0.05) is 73.1 Å². The molecule has 9 heteroatoms. The van der Waals surface area contributed by atoms with Gasteiger partial charge in [0.05, 0.1) is 5.52 Å². The third kappa shape index (κ3) is 6.51. The lowest BCUT2D eigenvalue weighted by Crippen LogP contribution is -2.45. The van der Waals surface area contributed by atoms with Crippen molar-refractivity contribution in [2.24, 2.45) is 5.92 Å². The van der Waals surface area contributed by atoms with E-state index >= 15 is 0 Å². The molecule has 0 aliphatic heterocycles. The summed E-state index contributed by atoms with van der Waals surface area (Å²) in [6, 6.07) is 19.1. The van der Waals surface area contributed by atoms with Crippen molar-refractivity contribution in [1.29, 1.82) is 0 Å². The second-order valence-corrected chi connectivity index (χ2v) is 9.68. The molecule has 192 valence electrons. The van der Waals surface area contributed by atoms with Crippen molar-refractivity contribution in [1.82, 2.24) is 25.2 Å². The van der Waals surface area contributed by atoms with Gasteiger partial charge in [0.2, 0.25) is 11.8 Å². The standard InChI is InChI=1S/C28H29ClFN5O2/c1-19(2)15-16-31-28(37)27(20-11-13-22(30)14-12-20)34(17-21-7-3-4-8-23(21)29)26(36)18-35-25-10-6-5-9-24(25)32-33-35/h3-14,19,27H,15-18H2,1-2H3,(H,31,37)/t27-/m0/s1. The number of carbonyl (C=O) groups is 2. The summed E-state index contributed by atoms with van der Waals surface area (Å²) in [5.74, 6) is -0.744. The molecule has 37 heavy (non-hydrogen) atoms. The zero-order valence-corrected chi connectivity index (χ0v) is 21.5. The van der Waals surface area contributed by atoms with Gasteiger partial charge in [-0.3, -0.25) is 9.59 Å². The summed E-state index contributed by atoms with van der Waals surface area (Å²) in [5, 5.41) is 11.7. The Morgan fingerprint density at radius 1 is 1.03 bits per heavy atom. The third-order valence-corrected chi connectivity index (χ3v) is 6.46. The maximum absolute atomic E-state index is 13.9. The summed E-state index contributed by atoms with van der Waals surface area (Å²) in [4.78, 5) is 28.9. The van der Waals surface area contributed by atoms with Gasteiger partial charge in [-0.05, 0) is 53.8 Å². The molecule has 0 aliphatic rings. The van der Waals surface area contributed by atoms with E-state index in [1.807, 2.05) is 36.4 Å². The highest BCUT2D eigenvalue weighted by Gasteiger charge is 2.32. The molecule has 3 aromatic carbocycles. The number of halogens is 2. The van der Waals surface area contributed by atoms with Crippen molar-refractivity contribution < 1.29 is 14.0 Å². The highest BCUT2D eigenvalue weighted by molar-refractivity contribution is 6.31. The van der Waals surface area contributed by atoms with E-state index in [-0.39, 0.29) is 24.9 Å². The summed E-state index contributed by atoms with van der Waals surface area (Å²) < 4.78 is 15.3. The van der Waals surface area contributed by atoms with Crippen LogP contribution in [0.1, 0.15) is 37.4 Å². The monoisotopic (exact) mass is 521 g/mol. The molecule has 0 unspecified atom stereocenters. The lowest BCUT2D eigenvalue weighted by atomic mass is 10.0. The summed E-state index contributed by atoms with van der Waals surface area (Å²) in [7, 11) is 0. The minimum atomic E-state index is -1.01. The first-order valence-corrected chi connectivity index (χ1v) is 12.6. The Morgan fingerprint density at radius 2 is 1.73 bits per heavy atom. The molecule has 1 aromatic heterocycles. The van der Waals surface area contributed by atoms with Gasteiger partial charge in [0, 0.05) is 18.1 Å². The predicted molar refractivity (Wildman–Crippen MR) is 141 cm³/mol. The van der Waals surface area contributed by atoms with Crippen LogP contribution >= 0.6 is 11.6 Å². The number of para-hydroxylation sites is 1. The fourth-order valence-corrected chi connectivity index (χ4v) is 4.28. The smallest absolute Gasteiger partial charge is 0.247 e. The molecule has 1 heterocycles. The molecule has 0 aliphatic carbocycles. The third-order valence-electron chi connectivity index (χ3n) is 6.09. The van der Waals surface area contributed by atoms with Crippen molar-refractivity contribution in [2.75, 3.05) is 6.54 Å². The van der Waals surface area contributed by atoms with Crippen molar-refractivity contribution in [3.63, 3.8) is 0 Å². The van der Waals surface area contributed by atoms with Crippen LogP contribution in [0.5, 0.6) is 0 Å². The highest BCUT2D eigenvalue weighted by atomic mass is 35.5. The van der Waals surface area contributed by atoms with Crippen molar-refractivity contribution in [3.8, 4) is 0 Å². The Morgan fingerprint density at radius 3 is 2.46 bits per heavy atom. The molecule has 1 N–H and O–H groups in total. The van der Waals surface area contributed by atoms with E-state index in [1.165, 1.54) is 33.8 Å². The number of aromatic nitrogens is 3. The molecule has 1 atom stereocenters. The lowest BCUT2D eigenvalue weighted by molar-refractivity contribution is -0.142. The van der Waals surface area contributed by atoms with Crippen LogP contribution in [-0.2, 0) is 22.7 Å².